The highest BCUT2D eigenvalue weighted by molar-refractivity contribution is 7.91. The van der Waals surface area contributed by atoms with Gasteiger partial charge in [0.25, 0.3) is 0 Å². The topological polar surface area (TPSA) is 80.7 Å². The summed E-state index contributed by atoms with van der Waals surface area (Å²) in [6, 6.07) is 4.51. The molecule has 0 bridgehead atoms. The largest absolute Gasteiger partial charge is 0.492 e. The average molecular weight is 272 g/mol. The summed E-state index contributed by atoms with van der Waals surface area (Å²) in [7, 11) is -3.07. The summed E-state index contributed by atoms with van der Waals surface area (Å²) in [6.07, 6.45) is 0. The number of aryl methyl sites for hydroxylation is 1. The summed E-state index contributed by atoms with van der Waals surface area (Å²) in [6.45, 7) is 3.38. The summed E-state index contributed by atoms with van der Waals surface area (Å²) in [5, 5.41) is 8.84. The normalized spacial score (nSPS) is 11.2. The lowest BCUT2D eigenvalue weighted by Crippen LogP contribution is -2.16. The number of benzene rings is 1. The molecule has 0 spiro atoms. The van der Waals surface area contributed by atoms with Crippen LogP contribution in [0, 0.1) is 6.92 Å². The van der Waals surface area contributed by atoms with Crippen molar-refractivity contribution in [1.82, 2.24) is 0 Å². The Labute approximate surface area is 106 Å². The summed E-state index contributed by atoms with van der Waals surface area (Å²) in [4.78, 5) is 10.8. The SMILES string of the molecule is CCS(=O)(=O)CCOc1cc(C(=O)O)ccc1C. The van der Waals surface area contributed by atoms with E-state index >= 15 is 0 Å². The van der Waals surface area contributed by atoms with Crippen molar-refractivity contribution >= 4 is 15.8 Å². The van der Waals surface area contributed by atoms with Crippen molar-refractivity contribution in [1.29, 1.82) is 0 Å². The Morgan fingerprint density at radius 2 is 2.06 bits per heavy atom. The van der Waals surface area contributed by atoms with Crippen LogP contribution in [-0.2, 0) is 9.84 Å². The van der Waals surface area contributed by atoms with Gasteiger partial charge in [-0.3, -0.25) is 0 Å². The van der Waals surface area contributed by atoms with E-state index in [1.807, 2.05) is 0 Å². The van der Waals surface area contributed by atoms with Crippen LogP contribution in [0.25, 0.3) is 0 Å². The van der Waals surface area contributed by atoms with E-state index in [1.54, 1.807) is 19.9 Å². The van der Waals surface area contributed by atoms with Gasteiger partial charge < -0.3 is 9.84 Å². The third-order valence-corrected chi connectivity index (χ3v) is 4.20. The van der Waals surface area contributed by atoms with Crippen molar-refractivity contribution < 1.29 is 23.1 Å². The average Bonchev–Trinajstić information content (AvgIpc) is 2.31. The van der Waals surface area contributed by atoms with Crippen LogP contribution < -0.4 is 4.74 Å². The van der Waals surface area contributed by atoms with Gasteiger partial charge in [-0.05, 0) is 24.6 Å². The minimum absolute atomic E-state index is 0.0279. The molecular weight excluding hydrogens is 256 g/mol. The molecule has 1 N–H and O–H groups in total. The van der Waals surface area contributed by atoms with Crippen LogP contribution in [0.1, 0.15) is 22.8 Å². The van der Waals surface area contributed by atoms with E-state index in [1.165, 1.54) is 12.1 Å². The van der Waals surface area contributed by atoms with E-state index < -0.39 is 15.8 Å². The number of hydrogen-bond donors (Lipinski definition) is 1. The van der Waals surface area contributed by atoms with Crippen LogP contribution in [0.4, 0.5) is 0 Å². The molecule has 0 radical (unpaired) electrons. The van der Waals surface area contributed by atoms with E-state index in [0.717, 1.165) is 5.56 Å². The fraction of sp³-hybridized carbons (Fsp3) is 0.417. The molecule has 1 rings (SSSR count). The molecule has 0 aromatic heterocycles. The fourth-order valence-electron chi connectivity index (χ4n) is 1.31. The molecule has 0 saturated heterocycles. The van der Waals surface area contributed by atoms with Crippen molar-refractivity contribution in [2.75, 3.05) is 18.1 Å². The number of aromatic carboxylic acids is 1. The molecule has 18 heavy (non-hydrogen) atoms. The predicted octanol–water partition coefficient (Wildman–Crippen LogP) is 1.51. The minimum atomic E-state index is -3.07. The van der Waals surface area contributed by atoms with Crippen molar-refractivity contribution in [2.24, 2.45) is 0 Å². The second-order valence-corrected chi connectivity index (χ2v) is 6.34. The van der Waals surface area contributed by atoms with Gasteiger partial charge in [0, 0.05) is 5.75 Å². The van der Waals surface area contributed by atoms with Crippen molar-refractivity contribution in [2.45, 2.75) is 13.8 Å². The Morgan fingerprint density at radius 3 is 2.61 bits per heavy atom. The van der Waals surface area contributed by atoms with Crippen molar-refractivity contribution in [3.05, 3.63) is 29.3 Å². The summed E-state index contributed by atoms with van der Waals surface area (Å²) < 4.78 is 27.9. The molecule has 5 nitrogen and oxygen atoms in total. The molecule has 0 amide bonds. The lowest BCUT2D eigenvalue weighted by molar-refractivity contribution is 0.0696. The lowest BCUT2D eigenvalue weighted by atomic mass is 10.1. The quantitative estimate of drug-likeness (QED) is 0.849. The molecule has 1 aromatic rings. The monoisotopic (exact) mass is 272 g/mol. The maximum Gasteiger partial charge on any atom is 0.335 e. The number of ether oxygens (including phenoxy) is 1. The Bertz CT molecular complexity index is 533. The molecule has 0 fully saturated rings. The smallest absolute Gasteiger partial charge is 0.335 e. The van der Waals surface area contributed by atoms with Crippen LogP contribution in [-0.4, -0.2) is 37.6 Å². The van der Waals surface area contributed by atoms with Crippen molar-refractivity contribution in [3.8, 4) is 5.75 Å². The zero-order chi connectivity index (χ0) is 13.8. The first kappa shape index (κ1) is 14.5. The number of sulfone groups is 1. The maximum atomic E-state index is 11.3. The molecule has 0 atom stereocenters. The first-order valence-corrected chi connectivity index (χ1v) is 7.35. The first-order chi connectivity index (χ1) is 8.35. The number of carboxylic acid groups (broad SMARTS) is 1. The van der Waals surface area contributed by atoms with E-state index in [-0.39, 0.29) is 23.7 Å². The number of hydrogen-bond acceptors (Lipinski definition) is 4. The molecule has 6 heteroatoms. The zero-order valence-corrected chi connectivity index (χ0v) is 11.2. The molecule has 0 unspecified atom stereocenters. The highest BCUT2D eigenvalue weighted by Crippen LogP contribution is 2.19. The standard InChI is InChI=1S/C12H16O5S/c1-3-18(15,16)7-6-17-11-8-10(12(13)14)5-4-9(11)2/h4-5,8H,3,6-7H2,1-2H3,(H,13,14). The fourth-order valence-corrected chi connectivity index (χ4v) is 1.94. The molecular formula is C12H16O5S. The van der Waals surface area contributed by atoms with Crippen LogP contribution in [0.2, 0.25) is 0 Å². The van der Waals surface area contributed by atoms with Gasteiger partial charge in [0.15, 0.2) is 9.84 Å². The van der Waals surface area contributed by atoms with Gasteiger partial charge in [0.1, 0.15) is 12.4 Å². The number of carbonyl (C=O) groups is 1. The Hall–Kier alpha value is -1.56. The van der Waals surface area contributed by atoms with E-state index in [2.05, 4.69) is 0 Å². The Kier molecular flexibility index (Phi) is 4.72. The third kappa shape index (κ3) is 4.03. The molecule has 0 aliphatic carbocycles. The maximum absolute atomic E-state index is 11.3. The van der Waals surface area contributed by atoms with Crippen LogP contribution in [0.5, 0.6) is 5.75 Å². The second-order valence-electron chi connectivity index (χ2n) is 3.87. The summed E-state index contributed by atoms with van der Waals surface area (Å²) in [5.74, 6) is -0.632. The van der Waals surface area contributed by atoms with Gasteiger partial charge in [0.05, 0.1) is 11.3 Å². The minimum Gasteiger partial charge on any atom is -0.492 e. The van der Waals surface area contributed by atoms with Crippen molar-refractivity contribution in [3.63, 3.8) is 0 Å². The van der Waals surface area contributed by atoms with Gasteiger partial charge in [-0.15, -0.1) is 0 Å². The number of carboxylic acids is 1. The molecule has 100 valence electrons. The molecule has 0 aliphatic heterocycles. The molecule has 0 aliphatic rings. The van der Waals surface area contributed by atoms with Gasteiger partial charge in [0.2, 0.25) is 0 Å². The lowest BCUT2D eigenvalue weighted by Gasteiger charge is -2.09. The molecule has 0 heterocycles. The van der Waals surface area contributed by atoms with Crippen LogP contribution in [0.3, 0.4) is 0 Å². The van der Waals surface area contributed by atoms with Gasteiger partial charge in [-0.25, -0.2) is 13.2 Å². The van der Waals surface area contributed by atoms with E-state index in [4.69, 9.17) is 9.84 Å². The highest BCUT2D eigenvalue weighted by atomic mass is 32.2. The highest BCUT2D eigenvalue weighted by Gasteiger charge is 2.10. The van der Waals surface area contributed by atoms with E-state index in [0.29, 0.717) is 5.75 Å². The molecule has 0 saturated carbocycles. The van der Waals surface area contributed by atoms with Crippen LogP contribution >= 0.6 is 0 Å². The predicted molar refractivity (Wildman–Crippen MR) is 68.0 cm³/mol. The second kappa shape index (κ2) is 5.86. The Balaban J connectivity index is 2.73. The van der Waals surface area contributed by atoms with Gasteiger partial charge in [-0.1, -0.05) is 13.0 Å². The van der Waals surface area contributed by atoms with E-state index in [9.17, 15) is 13.2 Å². The summed E-state index contributed by atoms with van der Waals surface area (Å²) in [5.41, 5.74) is 0.892. The molecule has 1 aromatic carbocycles. The first-order valence-electron chi connectivity index (χ1n) is 5.53. The summed E-state index contributed by atoms with van der Waals surface area (Å²) >= 11 is 0. The van der Waals surface area contributed by atoms with Crippen LogP contribution in [0.15, 0.2) is 18.2 Å². The third-order valence-electron chi connectivity index (χ3n) is 2.53. The van der Waals surface area contributed by atoms with Gasteiger partial charge >= 0.3 is 5.97 Å². The van der Waals surface area contributed by atoms with Gasteiger partial charge in [-0.2, -0.15) is 0 Å². The Morgan fingerprint density at radius 1 is 1.39 bits per heavy atom. The zero-order valence-electron chi connectivity index (χ0n) is 10.3. The number of rotatable bonds is 6.